The quantitative estimate of drug-likeness (QED) is 0.605. The number of nitrogens with one attached hydrogen (secondary N) is 2. The normalized spacial score (nSPS) is 12.9. The van der Waals surface area contributed by atoms with Crippen LogP contribution in [0.5, 0.6) is 0 Å². The number of carbonyl (C=O) groups excluding carboxylic acids is 1. The molecule has 3 heteroatoms. The summed E-state index contributed by atoms with van der Waals surface area (Å²) >= 11 is 0. The topological polar surface area (TPSA) is 41.1 Å². The molecule has 15 heavy (non-hydrogen) atoms. The molecule has 1 amide bonds. The van der Waals surface area contributed by atoms with Crippen LogP contribution in [-0.4, -0.2) is 25.5 Å². The largest absolute Gasteiger partial charge is 0.355 e. The maximum atomic E-state index is 11.3. The van der Waals surface area contributed by atoms with E-state index in [0.717, 1.165) is 25.9 Å². The first-order valence-corrected chi connectivity index (χ1v) is 6.05. The molecule has 0 spiro atoms. The van der Waals surface area contributed by atoms with Crippen LogP contribution in [0.15, 0.2) is 0 Å². The second kappa shape index (κ2) is 8.72. The Morgan fingerprint density at radius 1 is 1.27 bits per heavy atom. The molecule has 0 rings (SSSR count). The first-order chi connectivity index (χ1) is 7.07. The molecule has 0 aliphatic heterocycles. The Bertz CT molecular complexity index is 169. The van der Waals surface area contributed by atoms with Gasteiger partial charge in [0.25, 0.3) is 0 Å². The fraction of sp³-hybridized carbons (Fsp3) is 0.917. The van der Waals surface area contributed by atoms with Crippen molar-refractivity contribution in [2.45, 2.75) is 40.5 Å². The summed E-state index contributed by atoms with van der Waals surface area (Å²) in [4.78, 5) is 11.3. The highest BCUT2D eigenvalue weighted by atomic mass is 16.1. The molecule has 1 unspecified atom stereocenters. The SMILES string of the molecule is CCCCNC(=O)CNCC(C)C(C)C. The van der Waals surface area contributed by atoms with Crippen LogP contribution in [-0.2, 0) is 4.79 Å². The fourth-order valence-corrected chi connectivity index (χ4v) is 1.12. The molecule has 0 saturated heterocycles. The van der Waals surface area contributed by atoms with E-state index in [2.05, 4.69) is 38.3 Å². The number of amides is 1. The minimum atomic E-state index is 0.111. The van der Waals surface area contributed by atoms with Gasteiger partial charge in [0.15, 0.2) is 0 Å². The van der Waals surface area contributed by atoms with Crippen LogP contribution in [0.25, 0.3) is 0 Å². The lowest BCUT2D eigenvalue weighted by molar-refractivity contribution is -0.120. The van der Waals surface area contributed by atoms with Crippen molar-refractivity contribution in [3.63, 3.8) is 0 Å². The number of rotatable bonds is 8. The van der Waals surface area contributed by atoms with Crippen molar-refractivity contribution < 1.29 is 4.79 Å². The summed E-state index contributed by atoms with van der Waals surface area (Å²) in [7, 11) is 0. The standard InChI is InChI=1S/C12H26N2O/c1-5-6-7-14-12(15)9-13-8-11(4)10(2)3/h10-11,13H,5-9H2,1-4H3,(H,14,15). The van der Waals surface area contributed by atoms with E-state index in [-0.39, 0.29) is 5.91 Å². The van der Waals surface area contributed by atoms with Gasteiger partial charge in [-0.1, -0.05) is 34.1 Å². The molecule has 0 radical (unpaired) electrons. The van der Waals surface area contributed by atoms with Crippen molar-refractivity contribution >= 4 is 5.91 Å². The van der Waals surface area contributed by atoms with Crippen molar-refractivity contribution in [2.24, 2.45) is 11.8 Å². The predicted octanol–water partition coefficient (Wildman–Crippen LogP) is 1.78. The summed E-state index contributed by atoms with van der Waals surface area (Å²) in [5.41, 5.74) is 0. The molecule has 0 aromatic rings. The van der Waals surface area contributed by atoms with Crippen molar-refractivity contribution in [2.75, 3.05) is 19.6 Å². The van der Waals surface area contributed by atoms with Gasteiger partial charge >= 0.3 is 0 Å². The lowest BCUT2D eigenvalue weighted by Gasteiger charge is -2.15. The smallest absolute Gasteiger partial charge is 0.233 e. The van der Waals surface area contributed by atoms with Gasteiger partial charge in [-0.05, 0) is 24.8 Å². The Hall–Kier alpha value is -0.570. The average molecular weight is 214 g/mol. The van der Waals surface area contributed by atoms with E-state index in [1.165, 1.54) is 0 Å². The Kier molecular flexibility index (Phi) is 8.38. The average Bonchev–Trinajstić information content (AvgIpc) is 2.18. The van der Waals surface area contributed by atoms with E-state index < -0.39 is 0 Å². The van der Waals surface area contributed by atoms with Crippen molar-refractivity contribution in [3.05, 3.63) is 0 Å². The van der Waals surface area contributed by atoms with Gasteiger partial charge in [0.05, 0.1) is 6.54 Å². The first-order valence-electron chi connectivity index (χ1n) is 6.05. The summed E-state index contributed by atoms with van der Waals surface area (Å²) in [5.74, 6) is 1.40. The second-order valence-corrected chi connectivity index (χ2v) is 4.56. The van der Waals surface area contributed by atoms with Crippen LogP contribution in [0.3, 0.4) is 0 Å². The molecular formula is C12H26N2O. The highest BCUT2D eigenvalue weighted by molar-refractivity contribution is 5.77. The summed E-state index contributed by atoms with van der Waals surface area (Å²) < 4.78 is 0. The first kappa shape index (κ1) is 14.4. The predicted molar refractivity (Wildman–Crippen MR) is 64.8 cm³/mol. The molecule has 1 atom stereocenters. The van der Waals surface area contributed by atoms with Crippen molar-refractivity contribution in [3.8, 4) is 0 Å². The van der Waals surface area contributed by atoms with Gasteiger partial charge in [0.2, 0.25) is 5.91 Å². The minimum Gasteiger partial charge on any atom is -0.355 e. The monoisotopic (exact) mass is 214 g/mol. The second-order valence-electron chi connectivity index (χ2n) is 4.56. The van der Waals surface area contributed by atoms with Crippen LogP contribution in [0, 0.1) is 11.8 Å². The van der Waals surface area contributed by atoms with E-state index in [0.29, 0.717) is 18.4 Å². The van der Waals surface area contributed by atoms with Crippen LogP contribution >= 0.6 is 0 Å². The van der Waals surface area contributed by atoms with Crippen LogP contribution < -0.4 is 10.6 Å². The Morgan fingerprint density at radius 3 is 2.47 bits per heavy atom. The molecule has 0 aromatic heterocycles. The molecule has 0 fully saturated rings. The van der Waals surface area contributed by atoms with Gasteiger partial charge in [0.1, 0.15) is 0 Å². The molecule has 0 heterocycles. The minimum absolute atomic E-state index is 0.111. The fourth-order valence-electron chi connectivity index (χ4n) is 1.12. The van der Waals surface area contributed by atoms with Crippen LogP contribution in [0.1, 0.15) is 40.5 Å². The molecule has 0 aliphatic carbocycles. The Labute approximate surface area is 94.0 Å². The summed E-state index contributed by atoms with van der Waals surface area (Å²) in [6.45, 7) is 10.9. The number of hydrogen-bond acceptors (Lipinski definition) is 2. The van der Waals surface area contributed by atoms with Gasteiger partial charge in [-0.15, -0.1) is 0 Å². The third-order valence-electron chi connectivity index (χ3n) is 2.74. The molecule has 2 N–H and O–H groups in total. The van der Waals surface area contributed by atoms with Crippen LogP contribution in [0.2, 0.25) is 0 Å². The summed E-state index contributed by atoms with van der Waals surface area (Å²) in [6, 6.07) is 0. The molecule has 90 valence electrons. The van der Waals surface area contributed by atoms with Crippen molar-refractivity contribution in [1.29, 1.82) is 0 Å². The van der Waals surface area contributed by atoms with Crippen molar-refractivity contribution in [1.82, 2.24) is 10.6 Å². The highest BCUT2D eigenvalue weighted by Gasteiger charge is 2.07. The van der Waals surface area contributed by atoms with E-state index in [4.69, 9.17) is 0 Å². The van der Waals surface area contributed by atoms with Gasteiger partial charge in [-0.25, -0.2) is 0 Å². The van der Waals surface area contributed by atoms with Gasteiger partial charge in [0, 0.05) is 6.54 Å². The zero-order valence-electron chi connectivity index (χ0n) is 10.6. The Balaban J connectivity index is 3.38. The summed E-state index contributed by atoms with van der Waals surface area (Å²) in [6.07, 6.45) is 2.19. The highest BCUT2D eigenvalue weighted by Crippen LogP contribution is 2.06. The molecule has 3 nitrogen and oxygen atoms in total. The molecular weight excluding hydrogens is 188 g/mol. The van der Waals surface area contributed by atoms with Crippen LogP contribution in [0.4, 0.5) is 0 Å². The van der Waals surface area contributed by atoms with E-state index in [9.17, 15) is 4.79 Å². The lowest BCUT2D eigenvalue weighted by Crippen LogP contribution is -2.36. The number of hydrogen-bond donors (Lipinski definition) is 2. The maximum Gasteiger partial charge on any atom is 0.233 e. The van der Waals surface area contributed by atoms with E-state index >= 15 is 0 Å². The van der Waals surface area contributed by atoms with E-state index in [1.54, 1.807) is 0 Å². The van der Waals surface area contributed by atoms with Gasteiger partial charge in [-0.2, -0.15) is 0 Å². The molecule has 0 saturated carbocycles. The van der Waals surface area contributed by atoms with Gasteiger partial charge in [-0.3, -0.25) is 4.79 Å². The van der Waals surface area contributed by atoms with Gasteiger partial charge < -0.3 is 10.6 Å². The maximum absolute atomic E-state index is 11.3. The summed E-state index contributed by atoms with van der Waals surface area (Å²) in [5, 5.41) is 6.07. The lowest BCUT2D eigenvalue weighted by atomic mass is 9.98. The third-order valence-corrected chi connectivity index (χ3v) is 2.74. The third kappa shape index (κ3) is 8.43. The molecule has 0 aromatic carbocycles. The molecule has 0 aliphatic rings. The molecule has 0 bridgehead atoms. The Morgan fingerprint density at radius 2 is 1.93 bits per heavy atom. The number of unbranched alkanes of at least 4 members (excludes halogenated alkanes) is 1. The van der Waals surface area contributed by atoms with E-state index in [1.807, 2.05) is 0 Å². The zero-order chi connectivity index (χ0) is 11.7. The number of carbonyl (C=O) groups is 1. The zero-order valence-corrected chi connectivity index (χ0v) is 10.6.